The van der Waals surface area contributed by atoms with E-state index in [0.717, 1.165) is 0 Å². The Balaban J connectivity index is 1.80. The number of hydrogen-bond acceptors (Lipinski definition) is 2. The van der Waals surface area contributed by atoms with E-state index in [0.29, 0.717) is 16.8 Å². The highest BCUT2D eigenvalue weighted by Gasteiger charge is 2.18. The third-order valence-electron chi connectivity index (χ3n) is 4.15. The number of halogens is 1. The second-order valence-electron chi connectivity index (χ2n) is 6.09. The molecular formula is C21H19FN2O2. The van der Waals surface area contributed by atoms with Gasteiger partial charge in [0.1, 0.15) is 5.82 Å². The number of nitrogens with one attached hydrogen (secondary N) is 1. The predicted octanol–water partition coefficient (Wildman–Crippen LogP) is 4.45. The molecule has 132 valence electrons. The van der Waals surface area contributed by atoms with E-state index in [9.17, 15) is 14.0 Å². The van der Waals surface area contributed by atoms with Crippen molar-refractivity contribution in [2.24, 2.45) is 0 Å². The molecule has 1 amide bonds. The van der Waals surface area contributed by atoms with Gasteiger partial charge in [-0.05, 0) is 48.9 Å². The number of ketones is 1. The molecule has 2 aromatic carbocycles. The van der Waals surface area contributed by atoms with Gasteiger partial charge in [-0.2, -0.15) is 0 Å². The molecule has 1 heterocycles. The average Bonchev–Trinajstić information content (AvgIpc) is 3.14. The van der Waals surface area contributed by atoms with Crippen LogP contribution < -0.4 is 5.32 Å². The molecule has 3 aromatic rings. The Kier molecular flexibility index (Phi) is 5.27. The third-order valence-corrected chi connectivity index (χ3v) is 4.15. The summed E-state index contributed by atoms with van der Waals surface area (Å²) >= 11 is 0. The van der Waals surface area contributed by atoms with Crippen molar-refractivity contribution in [2.75, 3.05) is 5.32 Å². The molecule has 0 aliphatic rings. The summed E-state index contributed by atoms with van der Waals surface area (Å²) in [6, 6.07) is 16.5. The van der Waals surface area contributed by atoms with Crippen molar-refractivity contribution in [3.8, 4) is 0 Å². The maximum Gasteiger partial charge on any atom is 0.226 e. The van der Waals surface area contributed by atoms with E-state index in [1.165, 1.54) is 19.1 Å². The zero-order valence-corrected chi connectivity index (χ0v) is 14.4. The number of hydrogen-bond donors (Lipinski definition) is 1. The van der Waals surface area contributed by atoms with Crippen LogP contribution >= 0.6 is 0 Å². The van der Waals surface area contributed by atoms with Crippen LogP contribution in [0.15, 0.2) is 73.1 Å². The fourth-order valence-corrected chi connectivity index (χ4v) is 2.87. The van der Waals surface area contributed by atoms with Crippen molar-refractivity contribution >= 4 is 17.4 Å². The van der Waals surface area contributed by atoms with Gasteiger partial charge >= 0.3 is 0 Å². The first-order chi connectivity index (χ1) is 12.5. The summed E-state index contributed by atoms with van der Waals surface area (Å²) in [5.74, 6) is -0.617. The number of nitrogens with zero attached hydrogens (tertiary/aromatic N) is 1. The molecule has 0 spiro atoms. The Morgan fingerprint density at radius 2 is 1.77 bits per heavy atom. The normalized spacial score (nSPS) is 11.8. The van der Waals surface area contributed by atoms with Crippen LogP contribution in [-0.4, -0.2) is 16.3 Å². The van der Waals surface area contributed by atoms with Crippen LogP contribution in [0.2, 0.25) is 0 Å². The highest BCUT2D eigenvalue weighted by Crippen LogP contribution is 2.24. The van der Waals surface area contributed by atoms with Gasteiger partial charge in [-0.1, -0.05) is 24.3 Å². The fourth-order valence-electron chi connectivity index (χ4n) is 2.87. The summed E-state index contributed by atoms with van der Waals surface area (Å²) in [6.45, 7) is 1.48. The van der Waals surface area contributed by atoms with E-state index in [2.05, 4.69) is 5.32 Å². The van der Waals surface area contributed by atoms with E-state index in [1.54, 1.807) is 36.4 Å². The van der Waals surface area contributed by atoms with Gasteiger partial charge in [0, 0.05) is 23.6 Å². The zero-order chi connectivity index (χ0) is 18.5. The Hall–Kier alpha value is -3.21. The topological polar surface area (TPSA) is 51.1 Å². The maximum atomic E-state index is 13.6. The SMILES string of the molecule is CC(=O)c1cccc(NC(=O)CC(c2cccc(F)c2)n2cccc2)c1. The molecular weight excluding hydrogens is 331 g/mol. The van der Waals surface area contributed by atoms with Crippen molar-refractivity contribution in [3.05, 3.63) is 90.0 Å². The first-order valence-electron chi connectivity index (χ1n) is 8.32. The quantitative estimate of drug-likeness (QED) is 0.668. The lowest BCUT2D eigenvalue weighted by atomic mass is 10.0. The van der Waals surface area contributed by atoms with E-state index < -0.39 is 0 Å². The largest absolute Gasteiger partial charge is 0.346 e. The van der Waals surface area contributed by atoms with Crippen LogP contribution in [0.4, 0.5) is 10.1 Å². The highest BCUT2D eigenvalue weighted by molar-refractivity contribution is 5.97. The van der Waals surface area contributed by atoms with Crippen LogP contribution in [0, 0.1) is 5.82 Å². The molecule has 0 aliphatic heterocycles. The Bertz CT molecular complexity index is 919. The lowest BCUT2D eigenvalue weighted by molar-refractivity contribution is -0.116. The highest BCUT2D eigenvalue weighted by atomic mass is 19.1. The predicted molar refractivity (Wildman–Crippen MR) is 98.7 cm³/mol. The van der Waals surface area contributed by atoms with Crippen LogP contribution in [0.25, 0.3) is 0 Å². The molecule has 0 bridgehead atoms. The number of carbonyl (C=O) groups is 2. The van der Waals surface area contributed by atoms with Gasteiger partial charge < -0.3 is 9.88 Å². The molecule has 1 aromatic heterocycles. The van der Waals surface area contributed by atoms with E-state index in [4.69, 9.17) is 0 Å². The maximum absolute atomic E-state index is 13.6. The summed E-state index contributed by atoms with van der Waals surface area (Å²) in [7, 11) is 0. The third kappa shape index (κ3) is 4.25. The molecule has 1 N–H and O–H groups in total. The van der Waals surface area contributed by atoms with E-state index in [1.807, 2.05) is 29.1 Å². The lowest BCUT2D eigenvalue weighted by Crippen LogP contribution is -2.19. The van der Waals surface area contributed by atoms with Crippen molar-refractivity contribution < 1.29 is 14.0 Å². The van der Waals surface area contributed by atoms with Gasteiger partial charge in [0.05, 0.1) is 12.5 Å². The van der Waals surface area contributed by atoms with Crippen molar-refractivity contribution in [1.29, 1.82) is 0 Å². The molecule has 0 radical (unpaired) electrons. The zero-order valence-electron chi connectivity index (χ0n) is 14.4. The molecule has 0 saturated heterocycles. The van der Waals surface area contributed by atoms with Gasteiger partial charge in [-0.25, -0.2) is 4.39 Å². The Labute approximate surface area is 151 Å². The molecule has 0 aliphatic carbocycles. The van der Waals surface area contributed by atoms with E-state index >= 15 is 0 Å². The summed E-state index contributed by atoms with van der Waals surface area (Å²) < 4.78 is 15.5. The van der Waals surface area contributed by atoms with Crippen molar-refractivity contribution in [1.82, 2.24) is 4.57 Å². The van der Waals surface area contributed by atoms with Crippen LogP contribution in [0.3, 0.4) is 0 Å². The number of carbonyl (C=O) groups excluding carboxylic acids is 2. The molecule has 0 fully saturated rings. The lowest BCUT2D eigenvalue weighted by Gasteiger charge is -2.19. The summed E-state index contributed by atoms with van der Waals surface area (Å²) in [5, 5.41) is 2.82. The first-order valence-corrected chi connectivity index (χ1v) is 8.32. The van der Waals surface area contributed by atoms with Gasteiger partial charge in [-0.15, -0.1) is 0 Å². The molecule has 5 heteroatoms. The Morgan fingerprint density at radius 1 is 1.04 bits per heavy atom. The first kappa shape index (κ1) is 17.6. The molecule has 26 heavy (non-hydrogen) atoms. The minimum Gasteiger partial charge on any atom is -0.346 e. The molecule has 1 unspecified atom stereocenters. The van der Waals surface area contributed by atoms with Crippen LogP contribution in [0.5, 0.6) is 0 Å². The van der Waals surface area contributed by atoms with Gasteiger partial charge in [-0.3, -0.25) is 9.59 Å². The molecule has 0 saturated carbocycles. The number of benzene rings is 2. The van der Waals surface area contributed by atoms with Crippen molar-refractivity contribution in [2.45, 2.75) is 19.4 Å². The summed E-state index contributed by atoms with van der Waals surface area (Å²) in [4.78, 5) is 24.0. The van der Waals surface area contributed by atoms with Gasteiger partial charge in [0.25, 0.3) is 0 Å². The Morgan fingerprint density at radius 3 is 2.46 bits per heavy atom. The number of rotatable bonds is 6. The summed E-state index contributed by atoms with van der Waals surface area (Å²) in [6.07, 6.45) is 3.83. The van der Waals surface area contributed by atoms with Crippen LogP contribution in [-0.2, 0) is 4.79 Å². The average molecular weight is 350 g/mol. The second kappa shape index (κ2) is 7.78. The fraction of sp³-hybridized carbons (Fsp3) is 0.143. The monoisotopic (exact) mass is 350 g/mol. The summed E-state index contributed by atoms with van der Waals surface area (Å²) in [5.41, 5.74) is 1.82. The minimum absolute atomic E-state index is 0.0638. The van der Waals surface area contributed by atoms with E-state index in [-0.39, 0.29) is 30.0 Å². The number of Topliss-reactive ketones (excluding diaryl/α,β-unsaturated/α-hetero) is 1. The molecule has 4 nitrogen and oxygen atoms in total. The minimum atomic E-state index is -0.339. The van der Waals surface area contributed by atoms with Crippen LogP contribution in [0.1, 0.15) is 35.3 Å². The smallest absolute Gasteiger partial charge is 0.226 e. The second-order valence-corrected chi connectivity index (χ2v) is 6.09. The molecule has 3 rings (SSSR count). The van der Waals surface area contributed by atoms with Gasteiger partial charge in [0.2, 0.25) is 5.91 Å². The van der Waals surface area contributed by atoms with Gasteiger partial charge in [0.15, 0.2) is 5.78 Å². The number of anilines is 1. The number of aromatic nitrogens is 1. The molecule has 1 atom stereocenters. The standard InChI is InChI=1S/C21H19FN2O2/c1-15(25)16-6-5-9-19(13-16)23-21(26)14-20(24-10-2-3-11-24)17-7-4-8-18(22)12-17/h2-13,20H,14H2,1H3,(H,23,26). The van der Waals surface area contributed by atoms with Crippen molar-refractivity contribution in [3.63, 3.8) is 0 Å². The number of amides is 1.